The summed E-state index contributed by atoms with van der Waals surface area (Å²) in [6.07, 6.45) is 0. The van der Waals surface area contributed by atoms with Crippen LogP contribution in [0.25, 0.3) is 0 Å². The maximum absolute atomic E-state index is 5.89. The van der Waals surface area contributed by atoms with Gasteiger partial charge >= 0.3 is 0 Å². The van der Waals surface area contributed by atoms with Crippen molar-refractivity contribution in [3.05, 3.63) is 29.8 Å². The van der Waals surface area contributed by atoms with Crippen LogP contribution >= 0.6 is 0 Å². The van der Waals surface area contributed by atoms with Crippen molar-refractivity contribution in [2.75, 3.05) is 19.8 Å². The number of rotatable bonds is 7. The van der Waals surface area contributed by atoms with Crippen LogP contribution in [0.3, 0.4) is 0 Å². The molecule has 0 saturated carbocycles. The highest BCUT2D eigenvalue weighted by Crippen LogP contribution is 2.21. The van der Waals surface area contributed by atoms with Crippen LogP contribution in [0.5, 0.6) is 5.75 Å². The van der Waals surface area contributed by atoms with E-state index in [1.807, 2.05) is 19.1 Å². The van der Waals surface area contributed by atoms with Crippen LogP contribution < -0.4 is 10.1 Å². The summed E-state index contributed by atoms with van der Waals surface area (Å²) in [6, 6.07) is 8.41. The van der Waals surface area contributed by atoms with Crippen LogP contribution in [-0.2, 0) is 4.74 Å². The van der Waals surface area contributed by atoms with E-state index in [1.165, 1.54) is 5.56 Å². The summed E-state index contributed by atoms with van der Waals surface area (Å²) in [5.74, 6) is 0.915. The summed E-state index contributed by atoms with van der Waals surface area (Å²) >= 11 is 0. The number of ether oxygens (including phenoxy) is 2. The number of hydrogen-bond donors (Lipinski definition) is 1. The molecule has 0 radical (unpaired) electrons. The van der Waals surface area contributed by atoms with Crippen molar-refractivity contribution in [1.29, 1.82) is 0 Å². The Hall–Kier alpha value is -1.06. The molecule has 1 aromatic rings. The van der Waals surface area contributed by atoms with E-state index in [2.05, 4.69) is 45.1 Å². The number of nitrogens with one attached hydrogen (secondary N) is 1. The Bertz CT molecular complexity index is 371. The van der Waals surface area contributed by atoms with Gasteiger partial charge in [0.05, 0.1) is 24.9 Å². The molecule has 1 aromatic carbocycles. The molecular formula is C16H27NO2. The third-order valence-electron chi connectivity index (χ3n) is 2.71. The van der Waals surface area contributed by atoms with Gasteiger partial charge in [-0.2, -0.15) is 0 Å². The van der Waals surface area contributed by atoms with Gasteiger partial charge in [0.1, 0.15) is 5.75 Å². The third-order valence-corrected chi connectivity index (χ3v) is 2.71. The molecule has 1 rings (SSSR count). The van der Waals surface area contributed by atoms with E-state index < -0.39 is 0 Å². The molecule has 0 amide bonds. The molecule has 0 saturated heterocycles. The minimum atomic E-state index is -0.120. The average Bonchev–Trinajstić information content (AvgIpc) is 2.34. The van der Waals surface area contributed by atoms with Gasteiger partial charge in [-0.25, -0.2) is 0 Å². The normalized spacial score (nSPS) is 13.3. The lowest BCUT2D eigenvalue weighted by atomic mass is 10.1. The molecule has 0 bridgehead atoms. The maximum Gasteiger partial charge on any atom is 0.119 e. The number of likely N-dealkylation sites (N-methyl/N-ethyl adjacent to an activating group) is 1. The summed E-state index contributed by atoms with van der Waals surface area (Å²) in [5, 5.41) is 3.46. The first-order valence-corrected chi connectivity index (χ1v) is 7.06. The molecule has 19 heavy (non-hydrogen) atoms. The molecule has 0 spiro atoms. The van der Waals surface area contributed by atoms with Gasteiger partial charge in [-0.05, 0) is 51.9 Å². The van der Waals surface area contributed by atoms with Gasteiger partial charge in [0.2, 0.25) is 0 Å². The standard InChI is InChI=1S/C16H27NO2/c1-6-17-15(12-19-16(3,4)5)13-9-8-10-14(11-13)18-7-2/h8-11,15,17H,6-7,12H2,1-5H3. The summed E-state index contributed by atoms with van der Waals surface area (Å²) in [4.78, 5) is 0. The van der Waals surface area contributed by atoms with E-state index in [0.29, 0.717) is 13.2 Å². The largest absolute Gasteiger partial charge is 0.494 e. The lowest BCUT2D eigenvalue weighted by Gasteiger charge is -2.25. The highest BCUT2D eigenvalue weighted by Gasteiger charge is 2.16. The Kier molecular flexibility index (Phi) is 6.32. The van der Waals surface area contributed by atoms with Gasteiger partial charge in [-0.1, -0.05) is 19.1 Å². The van der Waals surface area contributed by atoms with Crippen molar-refractivity contribution >= 4 is 0 Å². The Balaban J connectivity index is 2.76. The van der Waals surface area contributed by atoms with Gasteiger partial charge < -0.3 is 14.8 Å². The van der Waals surface area contributed by atoms with Crippen LogP contribution in [-0.4, -0.2) is 25.4 Å². The van der Waals surface area contributed by atoms with Crippen molar-refractivity contribution in [3.8, 4) is 5.75 Å². The molecule has 1 unspecified atom stereocenters. The fraction of sp³-hybridized carbons (Fsp3) is 0.625. The minimum Gasteiger partial charge on any atom is -0.494 e. The van der Waals surface area contributed by atoms with Gasteiger partial charge in [-0.15, -0.1) is 0 Å². The lowest BCUT2D eigenvalue weighted by molar-refractivity contribution is -0.0146. The van der Waals surface area contributed by atoms with Crippen LogP contribution in [0.2, 0.25) is 0 Å². The van der Waals surface area contributed by atoms with Crippen molar-refractivity contribution in [2.45, 2.75) is 46.3 Å². The zero-order valence-electron chi connectivity index (χ0n) is 12.8. The fourth-order valence-electron chi connectivity index (χ4n) is 1.84. The van der Waals surface area contributed by atoms with E-state index in [0.717, 1.165) is 12.3 Å². The van der Waals surface area contributed by atoms with Crippen LogP contribution in [0.4, 0.5) is 0 Å². The molecule has 0 aliphatic rings. The summed E-state index contributed by atoms with van der Waals surface area (Å²) in [5.41, 5.74) is 1.09. The predicted molar refractivity (Wildman–Crippen MR) is 79.7 cm³/mol. The molecular weight excluding hydrogens is 238 g/mol. The van der Waals surface area contributed by atoms with Crippen molar-refractivity contribution < 1.29 is 9.47 Å². The first-order chi connectivity index (χ1) is 8.96. The fourth-order valence-corrected chi connectivity index (χ4v) is 1.84. The lowest BCUT2D eigenvalue weighted by Crippen LogP contribution is -2.30. The van der Waals surface area contributed by atoms with E-state index in [1.54, 1.807) is 0 Å². The first-order valence-electron chi connectivity index (χ1n) is 7.06. The van der Waals surface area contributed by atoms with Gasteiger partial charge in [0.25, 0.3) is 0 Å². The average molecular weight is 265 g/mol. The van der Waals surface area contributed by atoms with Crippen LogP contribution in [0.15, 0.2) is 24.3 Å². The maximum atomic E-state index is 5.89. The Morgan fingerprint density at radius 3 is 2.53 bits per heavy atom. The Morgan fingerprint density at radius 1 is 1.21 bits per heavy atom. The molecule has 0 aliphatic carbocycles. The zero-order valence-corrected chi connectivity index (χ0v) is 12.8. The van der Waals surface area contributed by atoms with E-state index in [4.69, 9.17) is 9.47 Å². The molecule has 0 fully saturated rings. The van der Waals surface area contributed by atoms with E-state index in [-0.39, 0.29) is 11.6 Å². The third kappa shape index (κ3) is 6.08. The second kappa shape index (κ2) is 7.51. The second-order valence-electron chi connectivity index (χ2n) is 5.54. The quantitative estimate of drug-likeness (QED) is 0.818. The molecule has 3 heteroatoms. The number of benzene rings is 1. The highest BCUT2D eigenvalue weighted by atomic mass is 16.5. The van der Waals surface area contributed by atoms with E-state index >= 15 is 0 Å². The Labute approximate surface area is 117 Å². The summed E-state index contributed by atoms with van der Waals surface area (Å²) in [7, 11) is 0. The van der Waals surface area contributed by atoms with Crippen molar-refractivity contribution in [1.82, 2.24) is 5.32 Å². The highest BCUT2D eigenvalue weighted by molar-refractivity contribution is 5.30. The molecule has 1 atom stereocenters. The topological polar surface area (TPSA) is 30.5 Å². The van der Waals surface area contributed by atoms with Crippen LogP contribution in [0.1, 0.15) is 46.2 Å². The number of hydrogen-bond acceptors (Lipinski definition) is 3. The summed E-state index contributed by atoms with van der Waals surface area (Å²) in [6.45, 7) is 12.6. The monoisotopic (exact) mass is 265 g/mol. The first kappa shape index (κ1) is 16.0. The minimum absolute atomic E-state index is 0.120. The van der Waals surface area contributed by atoms with Gasteiger partial charge in [0, 0.05) is 0 Å². The van der Waals surface area contributed by atoms with Gasteiger partial charge in [-0.3, -0.25) is 0 Å². The Morgan fingerprint density at radius 2 is 1.95 bits per heavy atom. The van der Waals surface area contributed by atoms with Crippen LogP contribution in [0, 0.1) is 0 Å². The summed E-state index contributed by atoms with van der Waals surface area (Å²) < 4.78 is 11.4. The van der Waals surface area contributed by atoms with Gasteiger partial charge in [0.15, 0.2) is 0 Å². The molecule has 1 N–H and O–H groups in total. The zero-order chi connectivity index (χ0) is 14.3. The SMILES string of the molecule is CCNC(COC(C)(C)C)c1cccc(OCC)c1. The van der Waals surface area contributed by atoms with E-state index in [9.17, 15) is 0 Å². The molecule has 0 heterocycles. The second-order valence-corrected chi connectivity index (χ2v) is 5.54. The molecule has 0 aliphatic heterocycles. The molecule has 108 valence electrons. The van der Waals surface area contributed by atoms with Crippen molar-refractivity contribution in [2.24, 2.45) is 0 Å². The molecule has 0 aromatic heterocycles. The smallest absolute Gasteiger partial charge is 0.119 e. The van der Waals surface area contributed by atoms with Crippen molar-refractivity contribution in [3.63, 3.8) is 0 Å². The molecule has 3 nitrogen and oxygen atoms in total. The predicted octanol–water partition coefficient (Wildman–Crippen LogP) is 3.55.